The van der Waals surface area contributed by atoms with Crippen LogP contribution in [0.25, 0.3) is 5.69 Å². The van der Waals surface area contributed by atoms with Gasteiger partial charge in [0.2, 0.25) is 0 Å². The highest BCUT2D eigenvalue weighted by Gasteiger charge is 2.17. The first-order chi connectivity index (χ1) is 9.17. The lowest BCUT2D eigenvalue weighted by molar-refractivity contribution is 0.413. The van der Waals surface area contributed by atoms with Crippen molar-refractivity contribution in [2.45, 2.75) is 19.9 Å². The van der Waals surface area contributed by atoms with Gasteiger partial charge < -0.3 is 10.1 Å². The van der Waals surface area contributed by atoms with Crippen LogP contribution >= 0.6 is 0 Å². The van der Waals surface area contributed by atoms with E-state index in [4.69, 9.17) is 4.74 Å². The van der Waals surface area contributed by atoms with E-state index in [2.05, 4.69) is 20.8 Å². The van der Waals surface area contributed by atoms with Crippen LogP contribution in [0, 0.1) is 5.82 Å². The van der Waals surface area contributed by atoms with E-state index >= 15 is 0 Å². The largest absolute Gasteiger partial charge is 0.497 e. The van der Waals surface area contributed by atoms with Gasteiger partial charge in [0.15, 0.2) is 5.82 Å². The Hall–Kier alpha value is -2.02. The average molecular weight is 265 g/mol. The van der Waals surface area contributed by atoms with Gasteiger partial charge in [0, 0.05) is 6.07 Å². The molecule has 1 unspecified atom stereocenters. The minimum atomic E-state index is -0.405. The molecule has 1 heterocycles. The zero-order chi connectivity index (χ0) is 13.8. The first-order valence-electron chi connectivity index (χ1n) is 6.03. The second-order valence-corrected chi connectivity index (χ2v) is 4.05. The summed E-state index contributed by atoms with van der Waals surface area (Å²) in [7, 11) is 1.53. The molecule has 1 aromatic carbocycles. The van der Waals surface area contributed by atoms with Crippen LogP contribution in [0.3, 0.4) is 0 Å². The molecule has 0 saturated carbocycles. The lowest BCUT2D eigenvalue weighted by Gasteiger charge is -2.13. The third kappa shape index (κ3) is 2.70. The number of hydrogen-bond acceptors (Lipinski definition) is 5. The van der Waals surface area contributed by atoms with Gasteiger partial charge >= 0.3 is 0 Å². The van der Waals surface area contributed by atoms with Crippen LogP contribution in [0.5, 0.6) is 5.75 Å². The standard InChI is InChI=1S/C12H16FN5O/c1-4-14-8(2)12-15-16-17-18(12)11-7-9(19-3)5-6-10(11)13/h5-8,14H,4H2,1-3H3. The van der Waals surface area contributed by atoms with Crippen LogP contribution in [0.2, 0.25) is 0 Å². The van der Waals surface area contributed by atoms with Crippen molar-refractivity contribution in [3.63, 3.8) is 0 Å². The number of tetrazole rings is 1. The van der Waals surface area contributed by atoms with Crippen molar-refractivity contribution in [2.24, 2.45) is 0 Å². The normalized spacial score (nSPS) is 12.4. The zero-order valence-corrected chi connectivity index (χ0v) is 11.1. The minimum absolute atomic E-state index is 0.0781. The van der Waals surface area contributed by atoms with Crippen molar-refractivity contribution < 1.29 is 9.13 Å². The van der Waals surface area contributed by atoms with Crippen LogP contribution in [0.1, 0.15) is 25.7 Å². The molecule has 2 aromatic rings. The monoisotopic (exact) mass is 265 g/mol. The van der Waals surface area contributed by atoms with Gasteiger partial charge in [0.1, 0.15) is 17.3 Å². The van der Waals surface area contributed by atoms with Crippen molar-refractivity contribution in [1.29, 1.82) is 0 Å². The van der Waals surface area contributed by atoms with Gasteiger partial charge in [-0.25, -0.2) is 4.39 Å². The molecule has 0 aliphatic carbocycles. The highest BCUT2D eigenvalue weighted by atomic mass is 19.1. The van der Waals surface area contributed by atoms with E-state index in [1.165, 1.54) is 17.9 Å². The fourth-order valence-electron chi connectivity index (χ4n) is 1.81. The third-order valence-electron chi connectivity index (χ3n) is 2.77. The number of hydrogen-bond donors (Lipinski definition) is 1. The molecule has 1 atom stereocenters. The summed E-state index contributed by atoms with van der Waals surface area (Å²) in [6, 6.07) is 4.37. The molecule has 0 aliphatic rings. The molecule has 0 spiro atoms. The van der Waals surface area contributed by atoms with Gasteiger partial charge in [0.25, 0.3) is 0 Å². The molecule has 2 rings (SSSR count). The topological polar surface area (TPSA) is 64.9 Å². The van der Waals surface area contributed by atoms with Crippen molar-refractivity contribution in [3.05, 3.63) is 29.8 Å². The lowest BCUT2D eigenvalue weighted by atomic mass is 10.2. The molecule has 1 aromatic heterocycles. The number of ether oxygens (including phenoxy) is 1. The Morgan fingerprint density at radius 3 is 2.95 bits per heavy atom. The molecule has 0 bridgehead atoms. The van der Waals surface area contributed by atoms with E-state index in [-0.39, 0.29) is 11.7 Å². The van der Waals surface area contributed by atoms with Gasteiger partial charge in [-0.3, -0.25) is 0 Å². The zero-order valence-electron chi connectivity index (χ0n) is 11.1. The summed E-state index contributed by atoms with van der Waals surface area (Å²) < 4.78 is 20.4. The van der Waals surface area contributed by atoms with E-state index in [1.54, 1.807) is 12.1 Å². The van der Waals surface area contributed by atoms with E-state index in [0.29, 0.717) is 11.6 Å². The van der Waals surface area contributed by atoms with Crippen LogP contribution in [0.4, 0.5) is 4.39 Å². The fourth-order valence-corrected chi connectivity index (χ4v) is 1.81. The Balaban J connectivity index is 2.44. The second kappa shape index (κ2) is 5.75. The van der Waals surface area contributed by atoms with Gasteiger partial charge in [0.05, 0.1) is 13.2 Å². The summed E-state index contributed by atoms with van der Waals surface area (Å²) in [5, 5.41) is 14.6. The van der Waals surface area contributed by atoms with E-state index < -0.39 is 5.82 Å². The first kappa shape index (κ1) is 13.4. The quantitative estimate of drug-likeness (QED) is 0.887. The molecule has 102 valence electrons. The minimum Gasteiger partial charge on any atom is -0.497 e. The number of halogens is 1. The average Bonchev–Trinajstić information content (AvgIpc) is 2.89. The first-order valence-corrected chi connectivity index (χ1v) is 6.03. The Labute approximate surface area is 110 Å². The Bertz CT molecular complexity index is 557. The van der Waals surface area contributed by atoms with Gasteiger partial charge in [-0.2, -0.15) is 4.68 Å². The Kier molecular flexibility index (Phi) is 4.06. The maximum Gasteiger partial charge on any atom is 0.173 e. The van der Waals surface area contributed by atoms with E-state index in [1.807, 2.05) is 13.8 Å². The number of nitrogens with zero attached hydrogens (tertiary/aromatic N) is 4. The number of benzene rings is 1. The molecular formula is C12H16FN5O. The highest BCUT2D eigenvalue weighted by molar-refractivity contribution is 5.40. The molecule has 1 N–H and O–H groups in total. The fraction of sp³-hybridized carbons (Fsp3) is 0.417. The molecule has 0 amide bonds. The predicted octanol–water partition coefficient (Wildman–Crippen LogP) is 1.48. The number of aromatic nitrogens is 4. The molecule has 19 heavy (non-hydrogen) atoms. The van der Waals surface area contributed by atoms with Crippen molar-refractivity contribution in [1.82, 2.24) is 25.5 Å². The van der Waals surface area contributed by atoms with Crippen molar-refractivity contribution >= 4 is 0 Å². The van der Waals surface area contributed by atoms with Crippen LogP contribution in [0.15, 0.2) is 18.2 Å². The number of methoxy groups -OCH3 is 1. The lowest BCUT2D eigenvalue weighted by Crippen LogP contribution is -2.22. The number of rotatable bonds is 5. The molecule has 0 radical (unpaired) electrons. The third-order valence-corrected chi connectivity index (χ3v) is 2.77. The smallest absolute Gasteiger partial charge is 0.173 e. The maximum absolute atomic E-state index is 13.9. The van der Waals surface area contributed by atoms with E-state index in [0.717, 1.165) is 6.54 Å². The van der Waals surface area contributed by atoms with Crippen LogP contribution in [-0.4, -0.2) is 33.9 Å². The molecule has 0 fully saturated rings. The second-order valence-electron chi connectivity index (χ2n) is 4.05. The van der Waals surface area contributed by atoms with Crippen molar-refractivity contribution in [3.8, 4) is 11.4 Å². The summed E-state index contributed by atoms with van der Waals surface area (Å²) in [5.41, 5.74) is 0.268. The van der Waals surface area contributed by atoms with Crippen LogP contribution in [-0.2, 0) is 0 Å². The van der Waals surface area contributed by atoms with Gasteiger partial charge in [-0.15, -0.1) is 5.10 Å². The number of nitrogens with one attached hydrogen (secondary N) is 1. The predicted molar refractivity (Wildman–Crippen MR) is 67.8 cm³/mol. The van der Waals surface area contributed by atoms with Gasteiger partial charge in [-0.1, -0.05) is 6.92 Å². The SMILES string of the molecule is CCNC(C)c1nnnn1-c1cc(OC)ccc1F. The molecule has 0 aliphatic heterocycles. The molecule has 6 nitrogen and oxygen atoms in total. The van der Waals surface area contributed by atoms with Crippen LogP contribution < -0.4 is 10.1 Å². The maximum atomic E-state index is 13.9. The summed E-state index contributed by atoms with van der Waals surface area (Å²) in [4.78, 5) is 0. The summed E-state index contributed by atoms with van der Waals surface area (Å²) >= 11 is 0. The summed E-state index contributed by atoms with van der Waals surface area (Å²) in [6.45, 7) is 4.68. The molecular weight excluding hydrogens is 249 g/mol. The molecule has 0 saturated heterocycles. The summed E-state index contributed by atoms with van der Waals surface area (Å²) in [6.07, 6.45) is 0. The van der Waals surface area contributed by atoms with Gasteiger partial charge in [-0.05, 0) is 36.0 Å². The van der Waals surface area contributed by atoms with E-state index in [9.17, 15) is 4.39 Å². The summed E-state index contributed by atoms with van der Waals surface area (Å²) in [5.74, 6) is 0.695. The van der Waals surface area contributed by atoms with Crippen molar-refractivity contribution in [2.75, 3.05) is 13.7 Å². The highest BCUT2D eigenvalue weighted by Crippen LogP contribution is 2.21. The Morgan fingerprint density at radius 1 is 1.47 bits per heavy atom. The Morgan fingerprint density at radius 2 is 2.26 bits per heavy atom. The molecule has 7 heteroatoms.